The highest BCUT2D eigenvalue weighted by molar-refractivity contribution is 5.64. The number of hydrogen-bond acceptors (Lipinski definition) is 2. The molecule has 1 aromatic carbocycles. The molecule has 0 radical (unpaired) electrons. The summed E-state index contributed by atoms with van der Waals surface area (Å²) in [6.07, 6.45) is 2.76. The standard InChI is InChI=1S/C12H13NO/c1-3-10-4-6-11(7-5-10)12-8-14-13-9(12)2/h4-8H,3H2,1-2H3. The number of hydrogen-bond donors (Lipinski definition) is 0. The van der Waals surface area contributed by atoms with E-state index in [-0.39, 0.29) is 0 Å². The first-order valence-electron chi connectivity index (χ1n) is 4.81. The van der Waals surface area contributed by atoms with Gasteiger partial charge in [0.25, 0.3) is 0 Å². The van der Waals surface area contributed by atoms with E-state index in [1.807, 2.05) is 6.92 Å². The highest BCUT2D eigenvalue weighted by Gasteiger charge is 2.04. The van der Waals surface area contributed by atoms with E-state index in [0.717, 1.165) is 17.7 Å². The Kier molecular flexibility index (Phi) is 2.35. The van der Waals surface area contributed by atoms with Gasteiger partial charge in [0.2, 0.25) is 0 Å². The minimum Gasteiger partial charge on any atom is -0.364 e. The van der Waals surface area contributed by atoms with Gasteiger partial charge in [0.05, 0.1) is 5.69 Å². The summed E-state index contributed by atoms with van der Waals surface area (Å²) >= 11 is 0. The Labute approximate surface area is 83.5 Å². The van der Waals surface area contributed by atoms with Crippen LogP contribution in [-0.2, 0) is 6.42 Å². The van der Waals surface area contributed by atoms with Crippen molar-refractivity contribution >= 4 is 0 Å². The second-order valence-corrected chi connectivity index (χ2v) is 3.36. The molecule has 0 saturated carbocycles. The van der Waals surface area contributed by atoms with E-state index in [1.165, 1.54) is 11.1 Å². The third kappa shape index (κ3) is 1.55. The van der Waals surface area contributed by atoms with Gasteiger partial charge in [-0.25, -0.2) is 0 Å². The van der Waals surface area contributed by atoms with Crippen LogP contribution in [0.5, 0.6) is 0 Å². The predicted octanol–water partition coefficient (Wildman–Crippen LogP) is 3.21. The van der Waals surface area contributed by atoms with Gasteiger partial charge in [-0.05, 0) is 24.5 Å². The first-order valence-corrected chi connectivity index (χ1v) is 4.81. The molecule has 2 heteroatoms. The highest BCUT2D eigenvalue weighted by Crippen LogP contribution is 2.22. The van der Waals surface area contributed by atoms with Crippen LogP contribution in [-0.4, -0.2) is 5.16 Å². The molecule has 14 heavy (non-hydrogen) atoms. The second-order valence-electron chi connectivity index (χ2n) is 3.36. The number of aromatic nitrogens is 1. The van der Waals surface area contributed by atoms with E-state index < -0.39 is 0 Å². The molecular formula is C12H13NO. The molecule has 0 bridgehead atoms. The molecule has 1 heterocycles. The van der Waals surface area contributed by atoms with Crippen molar-refractivity contribution in [1.29, 1.82) is 0 Å². The smallest absolute Gasteiger partial charge is 0.131 e. The molecule has 0 amide bonds. The summed E-state index contributed by atoms with van der Waals surface area (Å²) < 4.78 is 4.91. The van der Waals surface area contributed by atoms with Gasteiger partial charge in [-0.2, -0.15) is 0 Å². The Morgan fingerprint density at radius 1 is 1.21 bits per heavy atom. The number of benzene rings is 1. The Hall–Kier alpha value is -1.57. The molecular weight excluding hydrogens is 174 g/mol. The number of nitrogens with zero attached hydrogens (tertiary/aromatic N) is 1. The third-order valence-corrected chi connectivity index (χ3v) is 2.42. The number of aryl methyl sites for hydroxylation is 2. The van der Waals surface area contributed by atoms with Crippen LogP contribution >= 0.6 is 0 Å². The zero-order chi connectivity index (χ0) is 9.97. The molecule has 0 aliphatic carbocycles. The quantitative estimate of drug-likeness (QED) is 0.721. The van der Waals surface area contributed by atoms with Crippen LogP contribution < -0.4 is 0 Å². The summed E-state index contributed by atoms with van der Waals surface area (Å²) in [5, 5.41) is 3.86. The van der Waals surface area contributed by atoms with Gasteiger partial charge in [-0.1, -0.05) is 36.3 Å². The van der Waals surface area contributed by atoms with Crippen LogP contribution in [0.2, 0.25) is 0 Å². The summed E-state index contributed by atoms with van der Waals surface area (Å²) in [6.45, 7) is 4.10. The van der Waals surface area contributed by atoms with Crippen molar-refractivity contribution in [2.75, 3.05) is 0 Å². The topological polar surface area (TPSA) is 26.0 Å². The van der Waals surface area contributed by atoms with Crippen molar-refractivity contribution in [3.63, 3.8) is 0 Å². The molecule has 2 rings (SSSR count). The molecule has 0 atom stereocenters. The molecule has 0 spiro atoms. The molecule has 0 fully saturated rings. The fourth-order valence-corrected chi connectivity index (χ4v) is 1.49. The van der Waals surface area contributed by atoms with Gasteiger partial charge in [0.1, 0.15) is 6.26 Å². The van der Waals surface area contributed by atoms with Crippen LogP contribution in [0.3, 0.4) is 0 Å². The van der Waals surface area contributed by atoms with E-state index in [0.29, 0.717) is 0 Å². The molecule has 0 aliphatic rings. The normalized spacial score (nSPS) is 10.4. The van der Waals surface area contributed by atoms with Crippen molar-refractivity contribution in [1.82, 2.24) is 5.16 Å². The van der Waals surface area contributed by atoms with Gasteiger partial charge >= 0.3 is 0 Å². The van der Waals surface area contributed by atoms with E-state index in [9.17, 15) is 0 Å². The van der Waals surface area contributed by atoms with Crippen molar-refractivity contribution in [2.45, 2.75) is 20.3 Å². The SMILES string of the molecule is CCc1ccc(-c2conc2C)cc1. The Bertz CT molecular complexity index is 414. The summed E-state index contributed by atoms with van der Waals surface area (Å²) in [5.41, 5.74) is 4.53. The Morgan fingerprint density at radius 3 is 2.43 bits per heavy atom. The van der Waals surface area contributed by atoms with Crippen LogP contribution in [0.25, 0.3) is 11.1 Å². The highest BCUT2D eigenvalue weighted by atomic mass is 16.5. The second kappa shape index (κ2) is 3.66. The maximum Gasteiger partial charge on any atom is 0.131 e. The average molecular weight is 187 g/mol. The van der Waals surface area contributed by atoms with Gasteiger partial charge in [-0.15, -0.1) is 0 Å². The predicted molar refractivity (Wildman–Crippen MR) is 56.1 cm³/mol. The van der Waals surface area contributed by atoms with Crippen molar-refractivity contribution in [3.8, 4) is 11.1 Å². The van der Waals surface area contributed by atoms with Crippen LogP contribution in [0.15, 0.2) is 35.1 Å². The number of rotatable bonds is 2. The van der Waals surface area contributed by atoms with Crippen LogP contribution in [0.1, 0.15) is 18.2 Å². The lowest BCUT2D eigenvalue weighted by molar-refractivity contribution is 0.415. The van der Waals surface area contributed by atoms with Gasteiger partial charge < -0.3 is 4.52 Å². The van der Waals surface area contributed by atoms with E-state index in [4.69, 9.17) is 4.52 Å². The monoisotopic (exact) mass is 187 g/mol. The Balaban J connectivity index is 2.39. The molecule has 1 aromatic heterocycles. The average Bonchev–Trinajstić information content (AvgIpc) is 2.65. The molecule has 0 N–H and O–H groups in total. The molecule has 0 aliphatic heterocycles. The van der Waals surface area contributed by atoms with Gasteiger partial charge in [-0.3, -0.25) is 0 Å². The van der Waals surface area contributed by atoms with Crippen LogP contribution in [0, 0.1) is 6.92 Å². The zero-order valence-corrected chi connectivity index (χ0v) is 8.45. The Morgan fingerprint density at radius 2 is 1.93 bits per heavy atom. The fourth-order valence-electron chi connectivity index (χ4n) is 1.49. The van der Waals surface area contributed by atoms with Crippen LogP contribution in [0.4, 0.5) is 0 Å². The fraction of sp³-hybridized carbons (Fsp3) is 0.250. The third-order valence-electron chi connectivity index (χ3n) is 2.42. The summed E-state index contributed by atoms with van der Waals surface area (Å²) in [6, 6.07) is 8.50. The van der Waals surface area contributed by atoms with Crippen molar-refractivity contribution < 1.29 is 4.52 Å². The zero-order valence-electron chi connectivity index (χ0n) is 8.45. The molecule has 72 valence electrons. The van der Waals surface area contributed by atoms with Gasteiger partial charge in [0.15, 0.2) is 0 Å². The summed E-state index contributed by atoms with van der Waals surface area (Å²) in [5.74, 6) is 0. The van der Waals surface area contributed by atoms with Gasteiger partial charge in [0, 0.05) is 5.56 Å². The molecule has 0 unspecified atom stereocenters. The molecule has 0 saturated heterocycles. The summed E-state index contributed by atoms with van der Waals surface area (Å²) in [4.78, 5) is 0. The van der Waals surface area contributed by atoms with Crippen molar-refractivity contribution in [2.24, 2.45) is 0 Å². The largest absolute Gasteiger partial charge is 0.364 e. The van der Waals surface area contributed by atoms with E-state index in [2.05, 4.69) is 36.3 Å². The molecule has 2 nitrogen and oxygen atoms in total. The lowest BCUT2D eigenvalue weighted by Crippen LogP contribution is -1.81. The lowest BCUT2D eigenvalue weighted by Gasteiger charge is -1.99. The summed E-state index contributed by atoms with van der Waals surface area (Å²) in [7, 11) is 0. The minimum absolute atomic E-state index is 0.939. The lowest BCUT2D eigenvalue weighted by atomic mass is 10.0. The molecule has 2 aromatic rings. The van der Waals surface area contributed by atoms with E-state index >= 15 is 0 Å². The maximum absolute atomic E-state index is 4.91. The first kappa shape index (κ1) is 9.00. The minimum atomic E-state index is 0.939. The maximum atomic E-state index is 4.91. The van der Waals surface area contributed by atoms with Crippen molar-refractivity contribution in [3.05, 3.63) is 41.8 Å². The van der Waals surface area contributed by atoms with E-state index in [1.54, 1.807) is 6.26 Å². The first-order chi connectivity index (χ1) is 6.81.